The second kappa shape index (κ2) is 6.59. The first-order valence-corrected chi connectivity index (χ1v) is 8.66. The molecule has 1 amide bonds. The Morgan fingerprint density at radius 1 is 1.38 bits per heavy atom. The maximum absolute atomic E-state index is 15.7. The van der Waals surface area contributed by atoms with Crippen molar-refractivity contribution in [3.8, 4) is 0 Å². The van der Waals surface area contributed by atoms with Gasteiger partial charge >= 0.3 is 0 Å². The smallest absolute Gasteiger partial charge is 0.262 e. The Morgan fingerprint density at radius 3 is 2.81 bits per heavy atom. The molecule has 2 N–H and O–H groups in total. The molecule has 0 radical (unpaired) electrons. The summed E-state index contributed by atoms with van der Waals surface area (Å²) in [5.74, 6) is -1.33. The van der Waals surface area contributed by atoms with E-state index in [0.717, 1.165) is 6.07 Å². The Labute approximate surface area is 155 Å². The SMILES string of the molecule is C[C@@H](NC(=O)[C@]1(F)CC[C@](C)(O)c2ncccc21)c1ccc(F)cc1Cl. The number of halogens is 3. The number of rotatable bonds is 3. The number of nitrogens with one attached hydrogen (secondary N) is 1. The molecule has 0 fully saturated rings. The minimum Gasteiger partial charge on any atom is -0.384 e. The summed E-state index contributed by atoms with van der Waals surface area (Å²) in [6, 6.07) is 6.20. The molecule has 26 heavy (non-hydrogen) atoms. The number of pyridine rings is 1. The van der Waals surface area contributed by atoms with Crippen molar-refractivity contribution in [2.45, 2.75) is 44.0 Å². The molecule has 3 atom stereocenters. The summed E-state index contributed by atoms with van der Waals surface area (Å²) in [5, 5.41) is 13.2. The fourth-order valence-electron chi connectivity index (χ4n) is 3.30. The van der Waals surface area contributed by atoms with Crippen molar-refractivity contribution in [1.29, 1.82) is 0 Å². The number of amides is 1. The average Bonchev–Trinajstić information content (AvgIpc) is 2.58. The number of carbonyl (C=O) groups is 1. The first-order chi connectivity index (χ1) is 12.1. The van der Waals surface area contributed by atoms with Gasteiger partial charge in [0.1, 0.15) is 11.4 Å². The van der Waals surface area contributed by atoms with Crippen LogP contribution in [0.1, 0.15) is 49.6 Å². The van der Waals surface area contributed by atoms with Crippen LogP contribution in [0.3, 0.4) is 0 Å². The number of aromatic nitrogens is 1. The predicted octanol–water partition coefficient (Wildman–Crippen LogP) is 3.92. The summed E-state index contributed by atoms with van der Waals surface area (Å²) in [6.45, 7) is 3.20. The molecular formula is C19H19ClF2N2O2. The predicted molar refractivity (Wildman–Crippen MR) is 93.8 cm³/mol. The third kappa shape index (κ3) is 3.19. The summed E-state index contributed by atoms with van der Waals surface area (Å²) in [7, 11) is 0. The van der Waals surface area contributed by atoms with Crippen LogP contribution in [0.5, 0.6) is 0 Å². The van der Waals surface area contributed by atoms with Crippen LogP contribution in [0.25, 0.3) is 0 Å². The molecular weight excluding hydrogens is 362 g/mol. The second-order valence-electron chi connectivity index (χ2n) is 6.84. The van der Waals surface area contributed by atoms with Gasteiger partial charge in [-0.2, -0.15) is 0 Å². The van der Waals surface area contributed by atoms with Crippen LogP contribution >= 0.6 is 11.6 Å². The van der Waals surface area contributed by atoms with E-state index >= 15 is 4.39 Å². The van der Waals surface area contributed by atoms with Gasteiger partial charge in [0.05, 0.1) is 11.7 Å². The lowest BCUT2D eigenvalue weighted by atomic mass is 9.75. The second-order valence-corrected chi connectivity index (χ2v) is 7.24. The van der Waals surface area contributed by atoms with E-state index in [0.29, 0.717) is 5.56 Å². The highest BCUT2D eigenvalue weighted by molar-refractivity contribution is 6.31. The number of carbonyl (C=O) groups excluding carboxylic acids is 1. The van der Waals surface area contributed by atoms with E-state index in [2.05, 4.69) is 10.3 Å². The van der Waals surface area contributed by atoms with Crippen LogP contribution in [-0.2, 0) is 16.1 Å². The molecule has 4 nitrogen and oxygen atoms in total. The lowest BCUT2D eigenvalue weighted by Gasteiger charge is -2.38. The molecule has 0 saturated carbocycles. The average molecular weight is 381 g/mol. The minimum absolute atomic E-state index is 0.0613. The van der Waals surface area contributed by atoms with E-state index in [1.165, 1.54) is 30.5 Å². The zero-order chi connectivity index (χ0) is 19.1. The Hall–Kier alpha value is -2.05. The maximum Gasteiger partial charge on any atom is 0.262 e. The topological polar surface area (TPSA) is 62.2 Å². The number of aliphatic hydroxyl groups is 1. The molecule has 1 aliphatic rings. The van der Waals surface area contributed by atoms with Crippen molar-refractivity contribution in [2.75, 3.05) is 0 Å². The van der Waals surface area contributed by atoms with Crippen LogP contribution in [0, 0.1) is 5.82 Å². The number of alkyl halides is 1. The quantitative estimate of drug-likeness (QED) is 0.848. The number of nitrogens with zero attached hydrogens (tertiary/aromatic N) is 1. The van der Waals surface area contributed by atoms with E-state index in [4.69, 9.17) is 11.6 Å². The normalized spacial score (nSPS) is 26.1. The molecule has 1 aliphatic carbocycles. The van der Waals surface area contributed by atoms with Crippen molar-refractivity contribution >= 4 is 17.5 Å². The Kier molecular flexibility index (Phi) is 4.75. The molecule has 7 heteroatoms. The molecule has 0 unspecified atom stereocenters. The van der Waals surface area contributed by atoms with E-state index < -0.39 is 29.0 Å². The fourth-order valence-corrected chi connectivity index (χ4v) is 3.63. The van der Waals surface area contributed by atoms with Gasteiger partial charge in [0.15, 0.2) is 0 Å². The van der Waals surface area contributed by atoms with E-state index in [1.54, 1.807) is 13.8 Å². The van der Waals surface area contributed by atoms with Gasteiger partial charge in [-0.05, 0) is 50.5 Å². The molecule has 1 aromatic heterocycles. The lowest BCUT2D eigenvalue weighted by molar-refractivity contribution is -0.137. The van der Waals surface area contributed by atoms with Gasteiger partial charge in [-0.15, -0.1) is 0 Å². The van der Waals surface area contributed by atoms with Crippen LogP contribution in [0.2, 0.25) is 5.02 Å². The van der Waals surface area contributed by atoms with Gasteiger partial charge in [-0.3, -0.25) is 9.78 Å². The zero-order valence-corrected chi connectivity index (χ0v) is 15.1. The number of benzene rings is 1. The molecule has 138 valence electrons. The molecule has 0 saturated heterocycles. The highest BCUT2D eigenvalue weighted by atomic mass is 35.5. The van der Waals surface area contributed by atoms with E-state index in [1.807, 2.05) is 0 Å². The number of hydrogen-bond donors (Lipinski definition) is 2. The number of hydrogen-bond acceptors (Lipinski definition) is 3. The highest BCUT2D eigenvalue weighted by Crippen LogP contribution is 2.45. The van der Waals surface area contributed by atoms with Crippen molar-refractivity contribution in [3.63, 3.8) is 0 Å². The largest absolute Gasteiger partial charge is 0.384 e. The summed E-state index contributed by atoms with van der Waals surface area (Å²) in [6.07, 6.45) is 1.35. The summed E-state index contributed by atoms with van der Waals surface area (Å²) in [5.41, 5.74) is -2.90. The Morgan fingerprint density at radius 2 is 2.12 bits per heavy atom. The number of fused-ring (bicyclic) bond motifs is 1. The Bertz CT molecular complexity index is 859. The van der Waals surface area contributed by atoms with Crippen LogP contribution < -0.4 is 5.32 Å². The third-order valence-corrected chi connectivity index (χ3v) is 5.16. The third-order valence-electron chi connectivity index (χ3n) is 4.84. The molecule has 0 bridgehead atoms. The zero-order valence-electron chi connectivity index (χ0n) is 14.4. The van der Waals surface area contributed by atoms with Gasteiger partial charge in [-0.25, -0.2) is 8.78 Å². The minimum atomic E-state index is -2.31. The van der Waals surface area contributed by atoms with Gasteiger partial charge in [0.25, 0.3) is 5.91 Å². The van der Waals surface area contributed by atoms with Crippen LogP contribution in [-0.4, -0.2) is 16.0 Å². The lowest BCUT2D eigenvalue weighted by Crippen LogP contribution is -2.47. The Balaban J connectivity index is 1.90. The summed E-state index contributed by atoms with van der Waals surface area (Å²) < 4.78 is 28.9. The van der Waals surface area contributed by atoms with Gasteiger partial charge < -0.3 is 10.4 Å². The van der Waals surface area contributed by atoms with E-state index in [-0.39, 0.29) is 29.1 Å². The van der Waals surface area contributed by atoms with Crippen molar-refractivity contribution in [1.82, 2.24) is 10.3 Å². The molecule has 3 rings (SSSR count). The van der Waals surface area contributed by atoms with E-state index in [9.17, 15) is 14.3 Å². The standard InChI is InChI=1S/C19H19ClF2N2O2/c1-11(13-6-5-12(21)10-15(13)20)24-17(25)19(22)8-7-18(2,26)16-14(19)4-3-9-23-16/h3-6,9-11,26H,7-8H2,1-2H3,(H,24,25)/t11-,18+,19+/m1/s1. The molecule has 2 aromatic rings. The highest BCUT2D eigenvalue weighted by Gasteiger charge is 2.50. The monoisotopic (exact) mass is 380 g/mol. The van der Waals surface area contributed by atoms with Gasteiger partial charge in [0.2, 0.25) is 5.67 Å². The summed E-state index contributed by atoms with van der Waals surface area (Å²) in [4.78, 5) is 16.8. The molecule has 1 aromatic carbocycles. The molecule has 0 spiro atoms. The van der Waals surface area contributed by atoms with Crippen molar-refractivity contribution < 1.29 is 18.7 Å². The summed E-state index contributed by atoms with van der Waals surface area (Å²) >= 11 is 6.02. The first kappa shape index (κ1) is 18.7. The fraction of sp³-hybridized carbons (Fsp3) is 0.368. The maximum atomic E-state index is 15.7. The first-order valence-electron chi connectivity index (χ1n) is 8.28. The molecule has 1 heterocycles. The van der Waals surface area contributed by atoms with Gasteiger partial charge in [0, 0.05) is 16.8 Å². The molecule has 0 aliphatic heterocycles. The van der Waals surface area contributed by atoms with Crippen LogP contribution in [0.4, 0.5) is 8.78 Å². The van der Waals surface area contributed by atoms with Crippen LogP contribution in [0.15, 0.2) is 36.5 Å². The van der Waals surface area contributed by atoms with Crippen molar-refractivity contribution in [2.24, 2.45) is 0 Å². The van der Waals surface area contributed by atoms with Crippen molar-refractivity contribution in [3.05, 3.63) is 64.2 Å². The van der Waals surface area contributed by atoms with Gasteiger partial charge in [-0.1, -0.05) is 23.7 Å².